The maximum atomic E-state index is 13.2. The molecular formula is C26H34N2O6S. The van der Waals surface area contributed by atoms with Crippen molar-refractivity contribution in [1.29, 1.82) is 0 Å². The third-order valence-electron chi connectivity index (χ3n) is 6.39. The minimum Gasteiger partial charge on any atom is -0.480 e. The van der Waals surface area contributed by atoms with Crippen LogP contribution in [0, 0.1) is 6.92 Å². The molecule has 1 aliphatic rings. The highest BCUT2D eigenvalue weighted by Gasteiger charge is 2.26. The van der Waals surface area contributed by atoms with Crippen molar-refractivity contribution in [2.75, 3.05) is 32.3 Å². The van der Waals surface area contributed by atoms with Gasteiger partial charge < -0.3 is 15.2 Å². The molecule has 2 aromatic rings. The van der Waals surface area contributed by atoms with E-state index in [4.69, 9.17) is 4.74 Å². The summed E-state index contributed by atoms with van der Waals surface area (Å²) in [5.41, 5.74) is 3.99. The molecule has 9 heteroatoms. The van der Waals surface area contributed by atoms with Crippen molar-refractivity contribution in [2.45, 2.75) is 44.8 Å². The van der Waals surface area contributed by atoms with E-state index < -0.39 is 27.8 Å². The van der Waals surface area contributed by atoms with E-state index >= 15 is 0 Å². The molecule has 0 unspecified atom stereocenters. The summed E-state index contributed by atoms with van der Waals surface area (Å²) in [6.07, 6.45) is 3.04. The first kappa shape index (κ1) is 26.8. The number of methoxy groups -OCH3 is 1. The zero-order chi connectivity index (χ0) is 25.6. The van der Waals surface area contributed by atoms with Crippen molar-refractivity contribution in [1.82, 2.24) is 10.2 Å². The molecule has 1 aliphatic heterocycles. The lowest BCUT2D eigenvalue weighted by Gasteiger charge is -2.24. The van der Waals surface area contributed by atoms with Crippen molar-refractivity contribution in [2.24, 2.45) is 0 Å². The predicted octanol–water partition coefficient (Wildman–Crippen LogP) is 2.89. The average Bonchev–Trinajstić information content (AvgIpc) is 3.22. The van der Waals surface area contributed by atoms with Crippen molar-refractivity contribution >= 4 is 21.7 Å². The van der Waals surface area contributed by atoms with Gasteiger partial charge in [0.2, 0.25) is 0 Å². The fraction of sp³-hybridized carbons (Fsp3) is 0.462. The molecule has 190 valence electrons. The number of carboxylic acid groups (broad SMARTS) is 1. The van der Waals surface area contributed by atoms with Crippen molar-refractivity contribution in [3.63, 3.8) is 0 Å². The number of ether oxygens (including phenoxy) is 1. The topological polar surface area (TPSA) is 113 Å². The van der Waals surface area contributed by atoms with Crippen LogP contribution in [-0.2, 0) is 25.9 Å². The van der Waals surface area contributed by atoms with E-state index in [-0.39, 0.29) is 12.2 Å². The first-order valence-electron chi connectivity index (χ1n) is 11.7. The van der Waals surface area contributed by atoms with Crippen LogP contribution in [0.4, 0.5) is 0 Å². The first-order valence-corrected chi connectivity index (χ1v) is 13.8. The Morgan fingerprint density at radius 3 is 2.60 bits per heavy atom. The average molecular weight is 503 g/mol. The highest BCUT2D eigenvalue weighted by molar-refractivity contribution is 7.90. The van der Waals surface area contributed by atoms with E-state index in [1.54, 1.807) is 13.2 Å². The highest BCUT2D eigenvalue weighted by atomic mass is 32.2. The molecule has 1 amide bonds. The maximum absolute atomic E-state index is 13.2. The summed E-state index contributed by atoms with van der Waals surface area (Å²) in [4.78, 5) is 27.3. The number of aliphatic carboxylic acids is 1. The Balaban J connectivity index is 1.92. The van der Waals surface area contributed by atoms with Gasteiger partial charge in [-0.15, -0.1) is 0 Å². The molecule has 0 bridgehead atoms. The lowest BCUT2D eigenvalue weighted by molar-refractivity contribution is -0.139. The number of hydrogen-bond donors (Lipinski definition) is 2. The van der Waals surface area contributed by atoms with Gasteiger partial charge in [-0.1, -0.05) is 30.3 Å². The number of rotatable bonds is 11. The van der Waals surface area contributed by atoms with Gasteiger partial charge in [0.1, 0.15) is 15.9 Å². The molecule has 0 aliphatic carbocycles. The molecule has 1 fully saturated rings. The van der Waals surface area contributed by atoms with E-state index in [1.165, 1.54) is 0 Å². The summed E-state index contributed by atoms with van der Waals surface area (Å²) in [6.45, 7) is 4.34. The molecule has 2 aromatic carbocycles. The van der Waals surface area contributed by atoms with Crippen LogP contribution >= 0.6 is 0 Å². The number of hydrogen-bond acceptors (Lipinski definition) is 6. The number of likely N-dealkylation sites (tertiary alicyclic amines) is 1. The number of carbonyl (C=O) groups excluding carboxylic acids is 1. The number of nitrogens with zero attached hydrogens (tertiary/aromatic N) is 1. The Hall–Kier alpha value is -2.75. The summed E-state index contributed by atoms with van der Waals surface area (Å²) >= 11 is 0. The molecule has 35 heavy (non-hydrogen) atoms. The Labute approximate surface area is 207 Å². The van der Waals surface area contributed by atoms with Gasteiger partial charge in [0.25, 0.3) is 5.91 Å². The molecule has 0 aromatic heterocycles. The smallest absolute Gasteiger partial charge is 0.326 e. The Bertz CT molecular complexity index is 1160. The van der Waals surface area contributed by atoms with Gasteiger partial charge in [0.15, 0.2) is 0 Å². The monoisotopic (exact) mass is 502 g/mol. The molecule has 2 N–H and O–H groups in total. The summed E-state index contributed by atoms with van der Waals surface area (Å²) < 4.78 is 28.4. The lowest BCUT2D eigenvalue weighted by atomic mass is 9.93. The zero-order valence-electron chi connectivity index (χ0n) is 20.5. The summed E-state index contributed by atoms with van der Waals surface area (Å²) in [6, 6.07) is 12.4. The van der Waals surface area contributed by atoms with Gasteiger partial charge in [0.05, 0.1) is 12.4 Å². The van der Waals surface area contributed by atoms with Crippen LogP contribution in [0.1, 0.15) is 40.7 Å². The van der Waals surface area contributed by atoms with Crippen molar-refractivity contribution in [3.8, 4) is 11.1 Å². The van der Waals surface area contributed by atoms with Crippen molar-refractivity contribution < 1.29 is 27.9 Å². The van der Waals surface area contributed by atoms with Gasteiger partial charge in [-0.3, -0.25) is 9.69 Å². The fourth-order valence-electron chi connectivity index (χ4n) is 4.53. The third-order valence-corrected chi connectivity index (χ3v) is 7.37. The minimum atomic E-state index is -3.36. The van der Waals surface area contributed by atoms with Crippen molar-refractivity contribution in [3.05, 3.63) is 59.2 Å². The number of sulfone groups is 1. The number of carbonyl (C=O) groups is 2. The molecule has 1 heterocycles. The van der Waals surface area contributed by atoms with Crippen LogP contribution in [-0.4, -0.2) is 74.7 Å². The maximum Gasteiger partial charge on any atom is 0.326 e. The molecule has 0 spiro atoms. The summed E-state index contributed by atoms with van der Waals surface area (Å²) in [5, 5.41) is 12.1. The van der Waals surface area contributed by atoms with E-state index in [9.17, 15) is 23.1 Å². The molecule has 8 nitrogen and oxygen atoms in total. The van der Waals surface area contributed by atoms with Crippen LogP contribution in [0.2, 0.25) is 0 Å². The second kappa shape index (κ2) is 11.8. The normalized spacial score (nSPS) is 17.3. The zero-order valence-corrected chi connectivity index (χ0v) is 21.3. The third kappa shape index (κ3) is 7.37. The van der Waals surface area contributed by atoms with Gasteiger partial charge in [-0.25, -0.2) is 13.2 Å². The summed E-state index contributed by atoms with van der Waals surface area (Å²) in [7, 11) is -1.66. The van der Waals surface area contributed by atoms with Crippen LogP contribution in [0.25, 0.3) is 11.1 Å². The molecule has 0 radical (unpaired) electrons. The van der Waals surface area contributed by atoms with Gasteiger partial charge >= 0.3 is 5.97 Å². The van der Waals surface area contributed by atoms with Gasteiger partial charge in [-0.2, -0.15) is 0 Å². The van der Waals surface area contributed by atoms with Gasteiger partial charge in [0, 0.05) is 31.5 Å². The lowest BCUT2D eigenvalue weighted by Crippen LogP contribution is -2.42. The SMILES string of the molecule is COC[C@@H]1CCCN1Cc1ccc(C(=O)N[C@@H](CCS(C)(=O)=O)C(=O)O)c(-c2ccccc2C)c1. The Morgan fingerprint density at radius 2 is 1.94 bits per heavy atom. The van der Waals surface area contributed by atoms with E-state index in [0.29, 0.717) is 23.8 Å². The Morgan fingerprint density at radius 1 is 1.20 bits per heavy atom. The quantitative estimate of drug-likeness (QED) is 0.486. The molecule has 3 rings (SSSR count). The molecular weight excluding hydrogens is 468 g/mol. The number of nitrogens with one attached hydrogen (secondary N) is 1. The molecule has 1 saturated heterocycles. The second-order valence-corrected chi connectivity index (χ2v) is 11.5. The fourth-order valence-corrected chi connectivity index (χ4v) is 5.19. The number of carboxylic acids is 1. The van der Waals surface area contributed by atoms with Gasteiger partial charge in [-0.05, 0) is 67.1 Å². The minimum absolute atomic E-state index is 0.201. The largest absolute Gasteiger partial charge is 0.480 e. The number of amides is 1. The second-order valence-electron chi connectivity index (χ2n) is 9.20. The van der Waals surface area contributed by atoms with Crippen LogP contribution in [0.5, 0.6) is 0 Å². The highest BCUT2D eigenvalue weighted by Crippen LogP contribution is 2.30. The molecule has 0 saturated carbocycles. The number of aryl methyl sites for hydroxylation is 1. The van der Waals surface area contributed by atoms with E-state index in [1.807, 2.05) is 43.3 Å². The summed E-state index contributed by atoms with van der Waals surface area (Å²) in [5.74, 6) is -2.14. The predicted molar refractivity (Wildman–Crippen MR) is 135 cm³/mol. The first-order chi connectivity index (χ1) is 16.6. The van der Waals surface area contributed by atoms with E-state index in [2.05, 4.69) is 10.2 Å². The standard InChI is InChI=1S/C26H34N2O6S/c1-18-7-4-5-9-21(18)23-15-19(16-28-13-6-8-20(28)17-34-2)10-11-22(23)25(29)27-24(26(30)31)12-14-35(3,32)33/h4-5,7,9-11,15,20,24H,6,8,12-14,16-17H2,1-3H3,(H,27,29)(H,30,31)/t20-,24-/m0/s1. The Kier molecular flexibility index (Phi) is 9.04. The van der Waals surface area contributed by atoms with Crippen LogP contribution in [0.15, 0.2) is 42.5 Å². The van der Waals surface area contributed by atoms with Crippen LogP contribution < -0.4 is 5.32 Å². The van der Waals surface area contributed by atoms with Crippen LogP contribution in [0.3, 0.4) is 0 Å². The molecule has 2 atom stereocenters. The van der Waals surface area contributed by atoms with E-state index in [0.717, 1.165) is 48.9 Å². The number of benzene rings is 2.